The van der Waals surface area contributed by atoms with Crippen molar-refractivity contribution in [1.29, 1.82) is 0 Å². The fourth-order valence-corrected chi connectivity index (χ4v) is 2.96. The van der Waals surface area contributed by atoms with Crippen molar-refractivity contribution in [3.05, 3.63) is 45.2 Å². The van der Waals surface area contributed by atoms with Gasteiger partial charge in [-0.15, -0.1) is 35.3 Å². The Morgan fingerprint density at radius 3 is 2.54 bits per heavy atom. The molecule has 0 bridgehead atoms. The van der Waals surface area contributed by atoms with Gasteiger partial charge in [-0.05, 0) is 26.0 Å². The molecular formula is C16H20F3IN4OS. The number of benzene rings is 1. The molecule has 0 amide bonds. The van der Waals surface area contributed by atoms with E-state index in [9.17, 15) is 13.2 Å². The summed E-state index contributed by atoms with van der Waals surface area (Å²) in [4.78, 5) is 9.57. The van der Waals surface area contributed by atoms with Crippen molar-refractivity contribution < 1.29 is 17.9 Å². The third kappa shape index (κ3) is 6.31. The smallest absolute Gasteiger partial charge is 0.387 e. The molecule has 0 aliphatic heterocycles. The minimum atomic E-state index is -3.02. The van der Waals surface area contributed by atoms with Crippen LogP contribution < -0.4 is 15.4 Å². The highest BCUT2D eigenvalue weighted by molar-refractivity contribution is 14.0. The zero-order valence-corrected chi connectivity index (χ0v) is 17.6. The number of alkyl halides is 2. The van der Waals surface area contributed by atoms with Crippen molar-refractivity contribution in [1.82, 2.24) is 15.6 Å². The molecule has 0 atom stereocenters. The van der Waals surface area contributed by atoms with Crippen LogP contribution in [0, 0.1) is 19.7 Å². The lowest BCUT2D eigenvalue weighted by Crippen LogP contribution is -2.36. The van der Waals surface area contributed by atoms with Gasteiger partial charge in [0.15, 0.2) is 5.96 Å². The molecule has 2 N–H and O–H groups in total. The van der Waals surface area contributed by atoms with E-state index >= 15 is 0 Å². The van der Waals surface area contributed by atoms with E-state index in [1.807, 2.05) is 13.8 Å². The van der Waals surface area contributed by atoms with Gasteiger partial charge in [-0.1, -0.05) is 6.07 Å². The second kappa shape index (κ2) is 10.6. The van der Waals surface area contributed by atoms with E-state index in [2.05, 4.69) is 25.3 Å². The molecular weight excluding hydrogens is 480 g/mol. The molecule has 0 saturated heterocycles. The minimum Gasteiger partial charge on any atom is -0.434 e. The molecule has 0 aliphatic carbocycles. The van der Waals surface area contributed by atoms with E-state index in [1.165, 1.54) is 18.2 Å². The quantitative estimate of drug-likeness (QED) is 0.358. The molecule has 0 saturated carbocycles. The van der Waals surface area contributed by atoms with Gasteiger partial charge in [0.2, 0.25) is 0 Å². The topological polar surface area (TPSA) is 58.5 Å². The van der Waals surface area contributed by atoms with Gasteiger partial charge in [0.05, 0.1) is 12.2 Å². The van der Waals surface area contributed by atoms with E-state index in [0.717, 1.165) is 15.6 Å². The fourth-order valence-electron chi connectivity index (χ4n) is 2.08. The van der Waals surface area contributed by atoms with Crippen molar-refractivity contribution in [3.63, 3.8) is 0 Å². The Labute approximate surface area is 171 Å². The van der Waals surface area contributed by atoms with Gasteiger partial charge in [0.1, 0.15) is 16.6 Å². The molecule has 0 fully saturated rings. The van der Waals surface area contributed by atoms with E-state index < -0.39 is 12.4 Å². The Hall–Kier alpha value is -1.56. The summed E-state index contributed by atoms with van der Waals surface area (Å²) in [6.07, 6.45) is 0. The fraction of sp³-hybridized carbons (Fsp3) is 0.375. The zero-order valence-electron chi connectivity index (χ0n) is 14.5. The number of nitrogens with one attached hydrogen (secondary N) is 2. The first-order chi connectivity index (χ1) is 11.9. The van der Waals surface area contributed by atoms with Gasteiger partial charge in [-0.3, -0.25) is 4.99 Å². The molecule has 26 heavy (non-hydrogen) atoms. The number of aryl methyl sites for hydroxylation is 2. The van der Waals surface area contributed by atoms with Gasteiger partial charge >= 0.3 is 6.61 Å². The van der Waals surface area contributed by atoms with Crippen molar-refractivity contribution in [2.24, 2.45) is 4.99 Å². The number of aliphatic imine (C=N–C) groups is 1. The lowest BCUT2D eigenvalue weighted by molar-refractivity contribution is -0.0506. The second-order valence-corrected chi connectivity index (χ2v) is 6.41. The number of hydrogen-bond acceptors (Lipinski definition) is 4. The Morgan fingerprint density at radius 1 is 1.27 bits per heavy atom. The molecule has 0 spiro atoms. The predicted octanol–water partition coefficient (Wildman–Crippen LogP) is 3.98. The van der Waals surface area contributed by atoms with Crippen LogP contribution in [0.25, 0.3) is 0 Å². The van der Waals surface area contributed by atoms with Crippen LogP contribution >= 0.6 is 35.3 Å². The highest BCUT2D eigenvalue weighted by Gasteiger charge is 2.14. The van der Waals surface area contributed by atoms with Gasteiger partial charge in [-0.25, -0.2) is 9.37 Å². The third-order valence-electron chi connectivity index (χ3n) is 3.43. The summed E-state index contributed by atoms with van der Waals surface area (Å²) in [6.45, 7) is 1.31. The molecule has 2 rings (SSSR count). The molecule has 1 heterocycles. The van der Waals surface area contributed by atoms with Crippen LogP contribution in [-0.2, 0) is 13.1 Å². The molecule has 5 nitrogen and oxygen atoms in total. The first kappa shape index (κ1) is 22.5. The third-order valence-corrected chi connectivity index (χ3v) is 4.50. The SMILES string of the molecule is CN=C(NCc1nc(C)c(C)s1)NCc1c(F)cccc1OC(F)F.I. The number of nitrogens with zero attached hydrogens (tertiary/aromatic N) is 2. The van der Waals surface area contributed by atoms with Crippen LogP contribution in [0.1, 0.15) is 21.1 Å². The number of aromatic nitrogens is 1. The normalized spacial score (nSPS) is 11.3. The highest BCUT2D eigenvalue weighted by atomic mass is 127. The van der Waals surface area contributed by atoms with Gasteiger partial charge in [0, 0.05) is 24.0 Å². The summed E-state index contributed by atoms with van der Waals surface area (Å²) in [5, 5.41) is 6.83. The molecule has 1 aromatic heterocycles. The van der Waals surface area contributed by atoms with E-state index in [-0.39, 0.29) is 41.8 Å². The summed E-state index contributed by atoms with van der Waals surface area (Å²) in [5.74, 6) is -0.437. The van der Waals surface area contributed by atoms with Gasteiger partial charge in [0.25, 0.3) is 0 Å². The average Bonchev–Trinajstić information content (AvgIpc) is 2.87. The summed E-state index contributed by atoms with van der Waals surface area (Å²) in [7, 11) is 1.56. The molecule has 0 aliphatic rings. The Morgan fingerprint density at radius 2 is 1.96 bits per heavy atom. The number of guanidine groups is 1. The maximum Gasteiger partial charge on any atom is 0.387 e. The molecule has 2 aromatic rings. The molecule has 10 heteroatoms. The molecule has 144 valence electrons. The first-order valence-electron chi connectivity index (χ1n) is 7.50. The number of hydrogen-bond donors (Lipinski definition) is 2. The van der Waals surface area contributed by atoms with Crippen molar-refractivity contribution in [3.8, 4) is 5.75 Å². The van der Waals surface area contributed by atoms with Crippen LogP contribution in [0.15, 0.2) is 23.2 Å². The highest BCUT2D eigenvalue weighted by Crippen LogP contribution is 2.23. The second-order valence-electron chi connectivity index (χ2n) is 5.12. The number of halogens is 4. The van der Waals surface area contributed by atoms with Crippen LogP contribution in [0.5, 0.6) is 5.75 Å². The lowest BCUT2D eigenvalue weighted by Gasteiger charge is -2.14. The molecule has 0 radical (unpaired) electrons. The Bertz CT molecular complexity index is 736. The molecule has 1 aromatic carbocycles. The van der Waals surface area contributed by atoms with E-state index in [0.29, 0.717) is 12.5 Å². The number of ether oxygens (including phenoxy) is 1. The van der Waals surface area contributed by atoms with Crippen molar-refractivity contribution >= 4 is 41.3 Å². The number of rotatable bonds is 6. The van der Waals surface area contributed by atoms with Crippen molar-refractivity contribution in [2.75, 3.05) is 7.05 Å². The number of thiazole rings is 1. The van der Waals surface area contributed by atoms with Crippen LogP contribution in [0.4, 0.5) is 13.2 Å². The summed E-state index contributed by atoms with van der Waals surface area (Å²) < 4.78 is 43.1. The van der Waals surface area contributed by atoms with Crippen LogP contribution in [-0.4, -0.2) is 24.6 Å². The van der Waals surface area contributed by atoms with Crippen LogP contribution in [0.2, 0.25) is 0 Å². The maximum atomic E-state index is 13.9. The maximum absolute atomic E-state index is 13.9. The van der Waals surface area contributed by atoms with Gasteiger partial charge < -0.3 is 15.4 Å². The summed E-state index contributed by atoms with van der Waals surface area (Å²) in [6, 6.07) is 3.80. The van der Waals surface area contributed by atoms with Crippen LogP contribution in [0.3, 0.4) is 0 Å². The summed E-state index contributed by atoms with van der Waals surface area (Å²) >= 11 is 1.57. The Kier molecular flexibility index (Phi) is 9.13. The average molecular weight is 500 g/mol. The first-order valence-corrected chi connectivity index (χ1v) is 8.32. The monoisotopic (exact) mass is 500 g/mol. The van der Waals surface area contributed by atoms with E-state index in [4.69, 9.17) is 0 Å². The lowest BCUT2D eigenvalue weighted by atomic mass is 10.2. The molecule has 0 unspecified atom stereocenters. The minimum absolute atomic E-state index is 0. The zero-order chi connectivity index (χ0) is 18.4. The standard InChI is InChI=1S/C16H19F3N4OS.HI/c1-9-10(2)25-14(23-9)8-22-16(20-3)21-7-11-12(17)5-4-6-13(11)24-15(18)19;/h4-6,15H,7-8H2,1-3H3,(H2,20,21,22);1H. The van der Waals surface area contributed by atoms with E-state index in [1.54, 1.807) is 18.4 Å². The summed E-state index contributed by atoms with van der Waals surface area (Å²) in [5.41, 5.74) is 0.983. The van der Waals surface area contributed by atoms with Crippen molar-refractivity contribution in [2.45, 2.75) is 33.5 Å². The van der Waals surface area contributed by atoms with Gasteiger partial charge in [-0.2, -0.15) is 8.78 Å². The predicted molar refractivity (Wildman–Crippen MR) is 107 cm³/mol. The Balaban J connectivity index is 0.00000338. The largest absolute Gasteiger partial charge is 0.434 e.